The molecule has 4 nitrogen and oxygen atoms in total. The highest BCUT2D eigenvalue weighted by molar-refractivity contribution is 6.31. The summed E-state index contributed by atoms with van der Waals surface area (Å²) in [6.07, 6.45) is 0.465. The maximum absolute atomic E-state index is 12.7. The highest BCUT2D eigenvalue weighted by Crippen LogP contribution is 2.22. The summed E-state index contributed by atoms with van der Waals surface area (Å²) < 4.78 is 0. The molecule has 0 aliphatic carbocycles. The normalized spacial score (nSPS) is 16.2. The fourth-order valence-electron chi connectivity index (χ4n) is 3.01. The first-order valence-electron chi connectivity index (χ1n) is 8.95. The first kappa shape index (κ1) is 19.7. The van der Waals surface area contributed by atoms with E-state index in [4.69, 9.17) is 28.0 Å². The van der Waals surface area contributed by atoms with Gasteiger partial charge in [-0.15, -0.1) is 0 Å². The second-order valence-electron chi connectivity index (χ2n) is 6.94. The molecule has 0 radical (unpaired) electrons. The lowest BCUT2D eigenvalue weighted by molar-refractivity contribution is -0.136. The van der Waals surface area contributed by atoms with E-state index in [-0.39, 0.29) is 17.9 Å². The van der Waals surface area contributed by atoms with Crippen LogP contribution < -0.4 is 0 Å². The van der Waals surface area contributed by atoms with Gasteiger partial charge in [0, 0.05) is 28.9 Å². The number of oxime groups is 1. The van der Waals surface area contributed by atoms with Crippen LogP contribution >= 0.6 is 23.2 Å². The van der Waals surface area contributed by atoms with Gasteiger partial charge in [-0.2, -0.15) is 0 Å². The van der Waals surface area contributed by atoms with Gasteiger partial charge in [0.1, 0.15) is 0 Å². The SMILES string of the molecule is CC(C)C(=O)N(Cc1ccccc1Cl)C[C@@H]1CC(c2ccc(Cl)cc2)=NO1. The summed E-state index contributed by atoms with van der Waals surface area (Å²) in [5, 5.41) is 5.55. The van der Waals surface area contributed by atoms with E-state index in [0.717, 1.165) is 16.8 Å². The first-order chi connectivity index (χ1) is 12.9. The molecule has 2 aromatic carbocycles. The van der Waals surface area contributed by atoms with Crippen LogP contribution in [0.2, 0.25) is 10.0 Å². The topological polar surface area (TPSA) is 41.9 Å². The van der Waals surface area contributed by atoms with E-state index >= 15 is 0 Å². The molecule has 2 aromatic rings. The Morgan fingerprint density at radius 3 is 2.56 bits per heavy atom. The third-order valence-electron chi connectivity index (χ3n) is 4.46. The minimum absolute atomic E-state index is 0.0680. The van der Waals surface area contributed by atoms with Crippen molar-refractivity contribution < 1.29 is 9.63 Å². The Morgan fingerprint density at radius 2 is 1.89 bits per heavy atom. The lowest BCUT2D eigenvalue weighted by atomic mass is 10.0. The van der Waals surface area contributed by atoms with E-state index < -0.39 is 0 Å². The van der Waals surface area contributed by atoms with Crippen LogP contribution in [0.4, 0.5) is 0 Å². The summed E-state index contributed by atoms with van der Waals surface area (Å²) >= 11 is 12.2. The number of halogens is 2. The fraction of sp³-hybridized carbons (Fsp3) is 0.333. The molecule has 1 aliphatic heterocycles. The van der Waals surface area contributed by atoms with Crippen molar-refractivity contribution in [1.82, 2.24) is 4.90 Å². The largest absolute Gasteiger partial charge is 0.390 e. The third-order valence-corrected chi connectivity index (χ3v) is 5.08. The van der Waals surface area contributed by atoms with E-state index in [9.17, 15) is 4.79 Å². The molecule has 6 heteroatoms. The monoisotopic (exact) mass is 404 g/mol. The quantitative estimate of drug-likeness (QED) is 0.665. The average Bonchev–Trinajstić information content (AvgIpc) is 3.11. The van der Waals surface area contributed by atoms with Crippen molar-refractivity contribution in [3.8, 4) is 0 Å². The van der Waals surface area contributed by atoms with E-state index in [2.05, 4.69) is 5.16 Å². The van der Waals surface area contributed by atoms with Crippen LogP contribution in [0.1, 0.15) is 31.4 Å². The maximum Gasteiger partial charge on any atom is 0.225 e. The van der Waals surface area contributed by atoms with Crippen molar-refractivity contribution in [1.29, 1.82) is 0 Å². The van der Waals surface area contributed by atoms with Gasteiger partial charge < -0.3 is 9.74 Å². The first-order valence-corrected chi connectivity index (χ1v) is 9.70. The Morgan fingerprint density at radius 1 is 1.19 bits per heavy atom. The van der Waals surface area contributed by atoms with Crippen molar-refractivity contribution in [3.63, 3.8) is 0 Å². The van der Waals surface area contributed by atoms with E-state index in [1.165, 1.54) is 0 Å². The van der Waals surface area contributed by atoms with Crippen molar-refractivity contribution in [2.45, 2.75) is 32.9 Å². The van der Waals surface area contributed by atoms with Crippen LogP contribution in [-0.2, 0) is 16.2 Å². The Hall–Kier alpha value is -2.04. The van der Waals surface area contributed by atoms with Crippen molar-refractivity contribution in [2.75, 3.05) is 6.54 Å². The average molecular weight is 405 g/mol. The molecule has 0 aromatic heterocycles. The van der Waals surface area contributed by atoms with Gasteiger partial charge in [0.25, 0.3) is 0 Å². The molecular weight excluding hydrogens is 383 g/mol. The van der Waals surface area contributed by atoms with Crippen LogP contribution in [-0.4, -0.2) is 29.2 Å². The molecule has 0 spiro atoms. The van der Waals surface area contributed by atoms with Crippen molar-refractivity contribution in [2.24, 2.45) is 11.1 Å². The summed E-state index contributed by atoms with van der Waals surface area (Å²) in [6, 6.07) is 15.1. The number of carbonyl (C=O) groups is 1. The van der Waals surface area contributed by atoms with Crippen LogP contribution in [0.25, 0.3) is 0 Å². The molecular formula is C21H22Cl2N2O2. The van der Waals surface area contributed by atoms with Gasteiger partial charge in [0.05, 0.1) is 12.3 Å². The van der Waals surface area contributed by atoms with Gasteiger partial charge >= 0.3 is 0 Å². The number of amides is 1. The summed E-state index contributed by atoms with van der Waals surface area (Å²) in [5.41, 5.74) is 2.77. The zero-order valence-corrected chi connectivity index (χ0v) is 16.9. The number of hydrogen-bond acceptors (Lipinski definition) is 3. The predicted octanol–water partition coefficient (Wildman–Crippen LogP) is 5.17. The highest BCUT2D eigenvalue weighted by Gasteiger charge is 2.28. The standard InChI is InChI=1S/C21H22Cl2N2O2/c1-14(2)21(26)25(12-16-5-3-4-6-19(16)23)13-18-11-20(24-27-18)15-7-9-17(22)10-8-15/h3-10,14,18H,11-13H2,1-2H3/t18-/m0/s1. The molecule has 3 rings (SSSR count). The lowest BCUT2D eigenvalue weighted by Crippen LogP contribution is -2.39. The number of benzene rings is 2. The molecule has 0 fully saturated rings. The lowest BCUT2D eigenvalue weighted by Gasteiger charge is -2.27. The van der Waals surface area contributed by atoms with E-state index in [0.29, 0.717) is 29.6 Å². The fourth-order valence-corrected chi connectivity index (χ4v) is 3.34. The van der Waals surface area contributed by atoms with Gasteiger partial charge in [-0.05, 0) is 29.3 Å². The zero-order valence-electron chi connectivity index (χ0n) is 15.4. The summed E-state index contributed by atoms with van der Waals surface area (Å²) in [5.74, 6) is -0.0380. The predicted molar refractivity (Wildman–Crippen MR) is 109 cm³/mol. The number of carbonyl (C=O) groups excluding carboxylic acids is 1. The molecule has 142 valence electrons. The highest BCUT2D eigenvalue weighted by atomic mass is 35.5. The van der Waals surface area contributed by atoms with Crippen LogP contribution in [0, 0.1) is 5.92 Å². The number of nitrogens with zero attached hydrogens (tertiary/aromatic N) is 2. The van der Waals surface area contributed by atoms with Gasteiger partial charge in [-0.25, -0.2) is 0 Å². The second-order valence-corrected chi connectivity index (χ2v) is 7.78. The molecule has 1 atom stereocenters. The molecule has 0 bridgehead atoms. The second kappa shape index (κ2) is 8.77. The van der Waals surface area contributed by atoms with E-state index in [1.54, 1.807) is 4.90 Å². The maximum atomic E-state index is 12.7. The summed E-state index contributed by atoms with van der Waals surface area (Å²) in [6.45, 7) is 4.70. The van der Waals surface area contributed by atoms with Crippen molar-refractivity contribution in [3.05, 3.63) is 69.7 Å². The van der Waals surface area contributed by atoms with Crippen LogP contribution in [0.3, 0.4) is 0 Å². The molecule has 0 saturated carbocycles. The van der Waals surface area contributed by atoms with Crippen LogP contribution in [0.5, 0.6) is 0 Å². The smallest absolute Gasteiger partial charge is 0.225 e. The molecule has 0 saturated heterocycles. The van der Waals surface area contributed by atoms with Crippen LogP contribution in [0.15, 0.2) is 53.7 Å². The zero-order chi connectivity index (χ0) is 19.4. The molecule has 0 N–H and O–H groups in total. The summed E-state index contributed by atoms with van der Waals surface area (Å²) in [4.78, 5) is 20.1. The van der Waals surface area contributed by atoms with Gasteiger partial charge in [0.15, 0.2) is 6.10 Å². The van der Waals surface area contributed by atoms with Gasteiger partial charge in [-0.3, -0.25) is 4.79 Å². The van der Waals surface area contributed by atoms with Gasteiger partial charge in [-0.1, -0.05) is 72.5 Å². The third kappa shape index (κ3) is 5.02. The van der Waals surface area contributed by atoms with E-state index in [1.807, 2.05) is 62.4 Å². The minimum atomic E-state index is -0.180. The van der Waals surface area contributed by atoms with Crippen molar-refractivity contribution >= 4 is 34.8 Å². The molecule has 27 heavy (non-hydrogen) atoms. The Labute approximate surface area is 169 Å². The number of rotatable bonds is 6. The molecule has 1 amide bonds. The summed E-state index contributed by atoms with van der Waals surface area (Å²) in [7, 11) is 0. The van der Waals surface area contributed by atoms with Gasteiger partial charge in [0.2, 0.25) is 5.91 Å². The molecule has 1 aliphatic rings. The Balaban J connectivity index is 1.69. The Bertz CT molecular complexity index is 834. The number of hydrogen-bond donors (Lipinski definition) is 0. The molecule has 0 unspecified atom stereocenters. The minimum Gasteiger partial charge on any atom is -0.390 e. The molecule has 1 heterocycles. The Kier molecular flexibility index (Phi) is 6.40.